The molecule has 96 valence electrons. The summed E-state index contributed by atoms with van der Waals surface area (Å²) in [5.41, 5.74) is 3.86. The second-order valence-electron chi connectivity index (χ2n) is 4.78. The van der Waals surface area contributed by atoms with Crippen molar-refractivity contribution >= 4 is 11.5 Å². The molecular formula is C16H20O2. The van der Waals surface area contributed by atoms with E-state index in [1.807, 2.05) is 0 Å². The van der Waals surface area contributed by atoms with E-state index in [0.29, 0.717) is 0 Å². The molecule has 0 aromatic heterocycles. The summed E-state index contributed by atoms with van der Waals surface area (Å²) in [6.45, 7) is 2.15. The van der Waals surface area contributed by atoms with Crippen molar-refractivity contribution in [1.29, 1.82) is 0 Å². The van der Waals surface area contributed by atoms with Gasteiger partial charge in [0.25, 0.3) is 0 Å². The van der Waals surface area contributed by atoms with Gasteiger partial charge in [-0.15, -0.1) is 0 Å². The zero-order valence-electron chi connectivity index (χ0n) is 11.1. The van der Waals surface area contributed by atoms with Crippen molar-refractivity contribution < 1.29 is 9.53 Å². The van der Waals surface area contributed by atoms with Crippen LogP contribution in [0, 0.1) is 5.92 Å². The number of methoxy groups -OCH3 is 1. The van der Waals surface area contributed by atoms with E-state index in [9.17, 15) is 4.79 Å². The van der Waals surface area contributed by atoms with E-state index in [1.165, 1.54) is 23.8 Å². The van der Waals surface area contributed by atoms with Crippen LogP contribution in [0.15, 0.2) is 30.3 Å². The first kappa shape index (κ1) is 12.9. The molecule has 18 heavy (non-hydrogen) atoms. The summed E-state index contributed by atoms with van der Waals surface area (Å²) in [4.78, 5) is 11.6. The molecule has 0 bridgehead atoms. The first-order chi connectivity index (χ1) is 8.74. The van der Waals surface area contributed by atoms with Crippen molar-refractivity contribution in [2.24, 2.45) is 5.92 Å². The molecule has 2 nitrogen and oxygen atoms in total. The van der Waals surface area contributed by atoms with Gasteiger partial charge in [-0.2, -0.15) is 0 Å². The van der Waals surface area contributed by atoms with E-state index in [1.54, 1.807) is 0 Å². The normalized spacial score (nSPS) is 19.2. The van der Waals surface area contributed by atoms with Gasteiger partial charge in [-0.1, -0.05) is 37.3 Å². The highest BCUT2D eigenvalue weighted by Crippen LogP contribution is 2.31. The van der Waals surface area contributed by atoms with Gasteiger partial charge in [-0.25, -0.2) is 0 Å². The SMILES string of the molecule is CCc1ccc(C2=CCCC(C(=O)OC)C2)cc1. The van der Waals surface area contributed by atoms with Crippen LogP contribution in [0.5, 0.6) is 0 Å². The van der Waals surface area contributed by atoms with E-state index in [0.717, 1.165) is 25.7 Å². The lowest BCUT2D eigenvalue weighted by atomic mass is 9.85. The van der Waals surface area contributed by atoms with Crippen LogP contribution in [0.2, 0.25) is 0 Å². The number of ether oxygens (including phenoxy) is 1. The Bertz CT molecular complexity index is 443. The Morgan fingerprint density at radius 2 is 2.06 bits per heavy atom. The lowest BCUT2D eigenvalue weighted by molar-refractivity contribution is -0.145. The highest BCUT2D eigenvalue weighted by molar-refractivity contribution is 5.77. The molecule has 0 aliphatic heterocycles. The molecule has 0 saturated carbocycles. The number of allylic oxidation sites excluding steroid dienone is 2. The van der Waals surface area contributed by atoms with E-state index >= 15 is 0 Å². The third-order valence-electron chi connectivity index (χ3n) is 3.64. The fraction of sp³-hybridized carbons (Fsp3) is 0.438. The van der Waals surface area contributed by atoms with Crippen LogP contribution < -0.4 is 0 Å². The fourth-order valence-corrected chi connectivity index (χ4v) is 2.47. The second-order valence-corrected chi connectivity index (χ2v) is 4.78. The maximum Gasteiger partial charge on any atom is 0.309 e. The molecule has 1 aliphatic carbocycles. The zero-order chi connectivity index (χ0) is 13.0. The van der Waals surface area contributed by atoms with Crippen molar-refractivity contribution in [2.45, 2.75) is 32.6 Å². The minimum atomic E-state index is -0.0780. The van der Waals surface area contributed by atoms with Crippen LogP contribution >= 0.6 is 0 Å². The lowest BCUT2D eigenvalue weighted by Gasteiger charge is -2.21. The van der Waals surface area contributed by atoms with E-state index < -0.39 is 0 Å². The number of carbonyl (C=O) groups excluding carboxylic acids is 1. The molecule has 0 saturated heterocycles. The van der Waals surface area contributed by atoms with Gasteiger partial charge in [0.15, 0.2) is 0 Å². The largest absolute Gasteiger partial charge is 0.469 e. The minimum absolute atomic E-state index is 0.0286. The Morgan fingerprint density at radius 3 is 2.67 bits per heavy atom. The topological polar surface area (TPSA) is 26.3 Å². The van der Waals surface area contributed by atoms with Crippen molar-refractivity contribution in [3.8, 4) is 0 Å². The number of benzene rings is 1. The summed E-state index contributed by atoms with van der Waals surface area (Å²) in [5.74, 6) is -0.0494. The summed E-state index contributed by atoms with van der Waals surface area (Å²) in [5, 5.41) is 0. The molecule has 1 aromatic carbocycles. The second kappa shape index (κ2) is 5.85. The van der Waals surface area contributed by atoms with Crippen LogP contribution in [0.3, 0.4) is 0 Å². The smallest absolute Gasteiger partial charge is 0.309 e. The highest BCUT2D eigenvalue weighted by Gasteiger charge is 2.23. The third-order valence-corrected chi connectivity index (χ3v) is 3.64. The van der Waals surface area contributed by atoms with Crippen molar-refractivity contribution in [3.63, 3.8) is 0 Å². The Balaban J connectivity index is 2.12. The van der Waals surface area contributed by atoms with Gasteiger partial charge in [0, 0.05) is 0 Å². The van der Waals surface area contributed by atoms with Crippen molar-refractivity contribution in [3.05, 3.63) is 41.5 Å². The number of carbonyl (C=O) groups is 1. The summed E-state index contributed by atoms with van der Waals surface area (Å²) >= 11 is 0. The van der Waals surface area contributed by atoms with Gasteiger partial charge in [0.1, 0.15) is 0 Å². The van der Waals surface area contributed by atoms with Gasteiger partial charge in [0.2, 0.25) is 0 Å². The van der Waals surface area contributed by atoms with Crippen molar-refractivity contribution in [2.75, 3.05) is 7.11 Å². The molecule has 0 amide bonds. The van der Waals surface area contributed by atoms with Gasteiger partial charge in [-0.3, -0.25) is 4.79 Å². The van der Waals surface area contributed by atoms with Gasteiger partial charge in [0.05, 0.1) is 13.0 Å². The van der Waals surface area contributed by atoms with Crippen LogP contribution in [0.1, 0.15) is 37.3 Å². The maximum atomic E-state index is 11.6. The molecule has 1 aromatic rings. The number of rotatable bonds is 3. The first-order valence-corrected chi connectivity index (χ1v) is 6.60. The molecule has 0 fully saturated rings. The van der Waals surface area contributed by atoms with Crippen LogP contribution in [-0.2, 0) is 16.0 Å². The highest BCUT2D eigenvalue weighted by atomic mass is 16.5. The molecule has 0 radical (unpaired) electrons. The Kier molecular flexibility index (Phi) is 4.19. The standard InChI is InChI=1S/C16H20O2/c1-3-12-7-9-13(10-8-12)14-5-4-6-15(11-14)16(17)18-2/h5,7-10,15H,3-4,6,11H2,1-2H3. The predicted octanol–water partition coefficient (Wildman–Crippen LogP) is 3.61. The fourth-order valence-electron chi connectivity index (χ4n) is 2.47. The van der Waals surface area contributed by atoms with Crippen molar-refractivity contribution in [1.82, 2.24) is 0 Å². The van der Waals surface area contributed by atoms with Gasteiger partial charge in [-0.05, 0) is 42.4 Å². The molecule has 2 rings (SSSR count). The molecule has 2 heteroatoms. The average Bonchev–Trinajstić information content (AvgIpc) is 2.46. The van der Waals surface area contributed by atoms with Crippen LogP contribution in [-0.4, -0.2) is 13.1 Å². The van der Waals surface area contributed by atoms with Gasteiger partial charge < -0.3 is 4.74 Å². The van der Waals surface area contributed by atoms with Crippen LogP contribution in [0.4, 0.5) is 0 Å². The summed E-state index contributed by atoms with van der Waals surface area (Å²) in [6, 6.07) is 8.64. The predicted molar refractivity (Wildman–Crippen MR) is 73.2 cm³/mol. The average molecular weight is 244 g/mol. The number of aryl methyl sites for hydroxylation is 1. The maximum absolute atomic E-state index is 11.6. The minimum Gasteiger partial charge on any atom is -0.469 e. The first-order valence-electron chi connectivity index (χ1n) is 6.60. The summed E-state index contributed by atoms with van der Waals surface area (Å²) in [6.07, 6.45) is 5.98. The van der Waals surface area contributed by atoms with Crippen LogP contribution in [0.25, 0.3) is 5.57 Å². The Labute approximate surface area is 109 Å². The lowest BCUT2D eigenvalue weighted by Crippen LogP contribution is -2.18. The summed E-state index contributed by atoms with van der Waals surface area (Å²) in [7, 11) is 1.47. The van der Waals surface area contributed by atoms with E-state index in [-0.39, 0.29) is 11.9 Å². The number of hydrogen-bond acceptors (Lipinski definition) is 2. The van der Waals surface area contributed by atoms with E-state index in [2.05, 4.69) is 37.3 Å². The third kappa shape index (κ3) is 2.81. The monoisotopic (exact) mass is 244 g/mol. The molecule has 0 N–H and O–H groups in total. The molecule has 1 unspecified atom stereocenters. The zero-order valence-corrected chi connectivity index (χ0v) is 11.1. The van der Waals surface area contributed by atoms with Gasteiger partial charge >= 0.3 is 5.97 Å². The van der Waals surface area contributed by atoms with E-state index in [4.69, 9.17) is 4.74 Å². The molecule has 1 atom stereocenters. The number of hydrogen-bond donors (Lipinski definition) is 0. The molecule has 0 spiro atoms. The number of esters is 1. The Morgan fingerprint density at radius 1 is 1.33 bits per heavy atom. The Hall–Kier alpha value is -1.57. The summed E-state index contributed by atoms with van der Waals surface area (Å²) < 4.78 is 4.84. The molecular weight excluding hydrogens is 224 g/mol. The molecule has 0 heterocycles. The quantitative estimate of drug-likeness (QED) is 0.759. The molecule has 1 aliphatic rings.